The summed E-state index contributed by atoms with van der Waals surface area (Å²) in [6, 6.07) is 19.2. The molecule has 0 aromatic heterocycles. The number of piperidine rings is 1. The van der Waals surface area contributed by atoms with Crippen LogP contribution >= 0.6 is 0 Å². The number of likely N-dealkylation sites (tertiary alicyclic amines) is 1. The summed E-state index contributed by atoms with van der Waals surface area (Å²) in [7, 11) is 4.64. The largest absolute Gasteiger partial charge is 0.496 e. The van der Waals surface area contributed by atoms with E-state index in [9.17, 15) is 27.2 Å². The maximum absolute atomic E-state index is 13.9. The number of amides is 1. The predicted molar refractivity (Wildman–Crippen MR) is 196 cm³/mol. The maximum atomic E-state index is 13.9. The topological polar surface area (TPSA) is 89.1 Å². The van der Waals surface area contributed by atoms with Gasteiger partial charge in [0.2, 0.25) is 0 Å². The van der Waals surface area contributed by atoms with E-state index in [2.05, 4.69) is 84.3 Å². The lowest BCUT2D eigenvalue weighted by Crippen LogP contribution is -2.39. The fourth-order valence-electron chi connectivity index (χ4n) is 6.65. The van der Waals surface area contributed by atoms with Crippen molar-refractivity contribution in [3.05, 3.63) is 88.7 Å². The molecule has 8 nitrogen and oxygen atoms in total. The lowest BCUT2D eigenvalue weighted by Gasteiger charge is -2.38. The predicted octanol–water partition coefficient (Wildman–Crippen LogP) is 8.47. The van der Waals surface area contributed by atoms with E-state index >= 15 is 0 Å². The number of methoxy groups -OCH3 is 3. The molecular weight excluding hydrogens is 678 g/mol. The zero-order valence-electron chi connectivity index (χ0n) is 30.7. The zero-order chi connectivity index (χ0) is 38.2. The Balaban J connectivity index is 0.000000246. The van der Waals surface area contributed by atoms with Crippen LogP contribution in [0.1, 0.15) is 53.7 Å². The number of anilines is 1. The molecular formula is C40H47F4N3O5. The molecule has 0 bridgehead atoms. The summed E-state index contributed by atoms with van der Waals surface area (Å²) in [6.45, 7) is 9.66. The molecule has 1 aliphatic heterocycles. The first-order chi connectivity index (χ1) is 24.6. The highest BCUT2D eigenvalue weighted by Crippen LogP contribution is 2.44. The number of benzene rings is 4. The van der Waals surface area contributed by atoms with Gasteiger partial charge >= 0.3 is 12.1 Å². The molecule has 280 valence electrons. The Morgan fingerprint density at radius 1 is 0.923 bits per heavy atom. The number of hydrogen-bond acceptors (Lipinski definition) is 7. The van der Waals surface area contributed by atoms with Crippen LogP contribution in [-0.2, 0) is 16.1 Å². The highest BCUT2D eigenvalue weighted by molar-refractivity contribution is 6.01. The molecule has 0 atom stereocenters. The molecule has 1 saturated heterocycles. The van der Waals surface area contributed by atoms with E-state index in [4.69, 9.17) is 9.47 Å². The Kier molecular flexibility index (Phi) is 13.1. The number of nitrogens with zero attached hydrogens (tertiary/aromatic N) is 1. The van der Waals surface area contributed by atoms with Gasteiger partial charge in [-0.3, -0.25) is 14.5 Å². The second kappa shape index (κ2) is 17.1. The standard InChI is InChI=1S/C27H33NO2.C13H14F4N2O3/c1-19-9-6-11-22-21(19)10-7-12-23(22)25-24(29-4)14-13-20(26(25)30-5)17-28-16-8-15-27(2,3)18-28;1-7-3-8(19-6-13(15,16)17)4-9(14)11(7)12(21)18-5-10(20)22-2/h6-7,9-14H,8,15-18H2,1-5H3;3-4,19H,5-6H2,1-2H3,(H,18,21). The first kappa shape index (κ1) is 39.9. The number of rotatable bonds is 10. The van der Waals surface area contributed by atoms with Gasteiger partial charge in [-0.05, 0) is 84.3 Å². The molecule has 0 spiro atoms. The molecule has 0 aliphatic carbocycles. The van der Waals surface area contributed by atoms with Gasteiger partial charge in [0.1, 0.15) is 30.4 Å². The SMILES string of the molecule is COC(=O)CNC(=O)c1c(C)cc(NCC(F)(F)F)cc1F.COc1ccc(CN2CCCC(C)(C)C2)c(OC)c1-c1cccc2c(C)cccc12. The quantitative estimate of drug-likeness (QED) is 0.125. The average Bonchev–Trinajstić information content (AvgIpc) is 3.08. The number of nitrogens with one attached hydrogen (secondary N) is 2. The first-order valence-electron chi connectivity index (χ1n) is 17.0. The molecule has 1 amide bonds. The number of carbonyl (C=O) groups excluding carboxylic acids is 2. The Bertz CT molecular complexity index is 1870. The van der Waals surface area contributed by atoms with Crippen molar-refractivity contribution in [3.63, 3.8) is 0 Å². The van der Waals surface area contributed by atoms with E-state index < -0.39 is 37.0 Å². The van der Waals surface area contributed by atoms with Crippen LogP contribution in [0.5, 0.6) is 11.5 Å². The molecule has 2 N–H and O–H groups in total. The summed E-state index contributed by atoms with van der Waals surface area (Å²) in [4.78, 5) is 25.2. The van der Waals surface area contributed by atoms with Gasteiger partial charge in [-0.1, -0.05) is 56.3 Å². The van der Waals surface area contributed by atoms with Crippen molar-refractivity contribution in [3.8, 4) is 22.6 Å². The number of fused-ring (bicyclic) bond motifs is 1. The first-order valence-corrected chi connectivity index (χ1v) is 17.0. The van der Waals surface area contributed by atoms with Crippen molar-refractivity contribution < 1.29 is 41.4 Å². The van der Waals surface area contributed by atoms with Crippen molar-refractivity contribution >= 4 is 28.3 Å². The number of halogens is 4. The minimum absolute atomic E-state index is 0.100. The molecule has 1 fully saturated rings. The van der Waals surface area contributed by atoms with Crippen molar-refractivity contribution in [1.29, 1.82) is 0 Å². The van der Waals surface area contributed by atoms with E-state index in [0.717, 1.165) is 55.4 Å². The highest BCUT2D eigenvalue weighted by atomic mass is 19.4. The van der Waals surface area contributed by atoms with E-state index in [0.29, 0.717) is 5.41 Å². The molecule has 0 radical (unpaired) electrons. The van der Waals surface area contributed by atoms with Gasteiger partial charge in [-0.25, -0.2) is 4.39 Å². The minimum Gasteiger partial charge on any atom is -0.496 e. The third-order valence-corrected chi connectivity index (χ3v) is 9.04. The molecule has 5 rings (SSSR count). The molecule has 12 heteroatoms. The average molecular weight is 726 g/mol. The lowest BCUT2D eigenvalue weighted by atomic mass is 9.84. The summed E-state index contributed by atoms with van der Waals surface area (Å²) in [6.07, 6.45) is -1.90. The number of alkyl halides is 3. The van der Waals surface area contributed by atoms with Crippen LogP contribution in [0.15, 0.2) is 60.7 Å². The molecule has 0 unspecified atom stereocenters. The second-order valence-corrected chi connectivity index (χ2v) is 13.7. The monoisotopic (exact) mass is 725 g/mol. The molecule has 4 aromatic rings. The van der Waals surface area contributed by atoms with E-state index in [-0.39, 0.29) is 16.8 Å². The van der Waals surface area contributed by atoms with Gasteiger partial charge in [0, 0.05) is 24.3 Å². The van der Waals surface area contributed by atoms with Crippen LogP contribution in [0.25, 0.3) is 21.9 Å². The van der Waals surface area contributed by atoms with Crippen molar-refractivity contribution in [1.82, 2.24) is 10.2 Å². The van der Waals surface area contributed by atoms with Crippen LogP contribution in [0.2, 0.25) is 0 Å². The summed E-state index contributed by atoms with van der Waals surface area (Å²) < 4.78 is 66.3. The molecule has 4 aromatic carbocycles. The molecule has 0 saturated carbocycles. The summed E-state index contributed by atoms with van der Waals surface area (Å²) in [5, 5.41) is 6.67. The summed E-state index contributed by atoms with van der Waals surface area (Å²) >= 11 is 0. The number of esters is 1. The molecule has 1 aliphatic rings. The minimum atomic E-state index is -4.44. The second-order valence-electron chi connectivity index (χ2n) is 13.7. The number of hydrogen-bond donors (Lipinski definition) is 2. The Morgan fingerprint density at radius 2 is 1.63 bits per heavy atom. The normalized spacial score (nSPS) is 14.2. The number of ether oxygens (including phenoxy) is 3. The van der Waals surface area contributed by atoms with Crippen molar-refractivity contribution in [2.24, 2.45) is 5.41 Å². The van der Waals surface area contributed by atoms with E-state index in [1.807, 2.05) is 5.32 Å². The highest BCUT2D eigenvalue weighted by Gasteiger charge is 2.29. The van der Waals surface area contributed by atoms with Gasteiger partial charge in [0.05, 0.1) is 32.5 Å². The molecule has 1 heterocycles. The lowest BCUT2D eigenvalue weighted by molar-refractivity contribution is -0.139. The smallest absolute Gasteiger partial charge is 0.405 e. The van der Waals surface area contributed by atoms with Crippen molar-refractivity contribution in [2.75, 3.05) is 52.8 Å². The third-order valence-electron chi connectivity index (χ3n) is 9.04. The number of carbonyl (C=O) groups is 2. The number of aryl methyl sites for hydroxylation is 2. The van der Waals surface area contributed by atoms with Gasteiger partial charge in [-0.2, -0.15) is 13.2 Å². The maximum Gasteiger partial charge on any atom is 0.405 e. The van der Waals surface area contributed by atoms with E-state index in [1.54, 1.807) is 14.2 Å². The van der Waals surface area contributed by atoms with Crippen LogP contribution < -0.4 is 20.1 Å². The van der Waals surface area contributed by atoms with Crippen LogP contribution in [-0.4, -0.2) is 70.5 Å². The summed E-state index contributed by atoms with van der Waals surface area (Å²) in [5.41, 5.74) is 4.75. The van der Waals surface area contributed by atoms with Crippen LogP contribution in [0, 0.1) is 25.1 Å². The van der Waals surface area contributed by atoms with Gasteiger partial charge in [0.15, 0.2) is 0 Å². The Morgan fingerprint density at radius 3 is 2.27 bits per heavy atom. The van der Waals surface area contributed by atoms with Gasteiger partial charge in [-0.15, -0.1) is 0 Å². The fourth-order valence-corrected chi connectivity index (χ4v) is 6.65. The zero-order valence-corrected chi connectivity index (χ0v) is 30.7. The fraction of sp³-hybridized carbons (Fsp3) is 0.400. The van der Waals surface area contributed by atoms with Gasteiger partial charge < -0.3 is 24.8 Å². The van der Waals surface area contributed by atoms with Crippen LogP contribution in [0.3, 0.4) is 0 Å². The van der Waals surface area contributed by atoms with Crippen molar-refractivity contribution in [2.45, 2.75) is 53.3 Å². The van der Waals surface area contributed by atoms with Crippen LogP contribution in [0.4, 0.5) is 23.2 Å². The molecule has 52 heavy (non-hydrogen) atoms. The van der Waals surface area contributed by atoms with Gasteiger partial charge in [0.25, 0.3) is 5.91 Å². The summed E-state index contributed by atoms with van der Waals surface area (Å²) in [5.74, 6) is -0.792. The third kappa shape index (κ3) is 10.1. The Labute approximate surface area is 302 Å². The van der Waals surface area contributed by atoms with E-state index in [1.165, 1.54) is 47.7 Å². The Hall–Kier alpha value is -4.84.